The van der Waals surface area contributed by atoms with Crippen LogP contribution in [-0.2, 0) is 6.42 Å². The monoisotopic (exact) mass is 332 g/mol. The molecule has 0 saturated carbocycles. The van der Waals surface area contributed by atoms with E-state index >= 15 is 0 Å². The Labute approximate surface area is 125 Å². The summed E-state index contributed by atoms with van der Waals surface area (Å²) in [5.41, 5.74) is 0.912. The van der Waals surface area contributed by atoms with Gasteiger partial charge < -0.3 is 4.90 Å². The van der Waals surface area contributed by atoms with Crippen LogP contribution in [0.25, 0.3) is 0 Å². The quantitative estimate of drug-likeness (QED) is 0.930. The van der Waals surface area contributed by atoms with E-state index in [1.807, 2.05) is 42.3 Å². The number of likely N-dealkylation sites (N-methyl/N-ethyl adjacent to an activating group) is 1. The molecule has 20 heavy (non-hydrogen) atoms. The zero-order chi connectivity index (χ0) is 14.5. The Morgan fingerprint density at radius 1 is 1.40 bits per heavy atom. The molecule has 0 atom stereocenters. The summed E-state index contributed by atoms with van der Waals surface area (Å²) in [5.74, 6) is 0.502. The molecular weight excluding hydrogens is 320 g/mol. The Morgan fingerprint density at radius 2 is 2.10 bits per heavy atom. The van der Waals surface area contributed by atoms with Crippen LogP contribution in [0.1, 0.15) is 11.3 Å². The normalized spacial score (nSPS) is 10.1. The lowest BCUT2D eigenvalue weighted by Crippen LogP contribution is -2.25. The standard InChI is InChI=1S/C14H13BrN4O/c1-19(7-6-10-2-4-11(15)5-3-10)13-8-12(9-16)17-14(20)18-13/h2-5,8H,6-7H2,1H3,(H,17,18,20). The highest BCUT2D eigenvalue weighted by atomic mass is 79.9. The van der Waals surface area contributed by atoms with Gasteiger partial charge in [-0.25, -0.2) is 4.79 Å². The summed E-state index contributed by atoms with van der Waals surface area (Å²) in [5, 5.41) is 8.83. The van der Waals surface area contributed by atoms with Gasteiger partial charge in [0, 0.05) is 24.1 Å². The van der Waals surface area contributed by atoms with Gasteiger partial charge in [-0.05, 0) is 24.1 Å². The summed E-state index contributed by atoms with van der Waals surface area (Å²) < 4.78 is 1.05. The summed E-state index contributed by atoms with van der Waals surface area (Å²) in [6.45, 7) is 0.711. The lowest BCUT2D eigenvalue weighted by molar-refractivity contribution is 0.847. The molecule has 0 aliphatic carbocycles. The number of hydrogen-bond acceptors (Lipinski definition) is 4. The van der Waals surface area contributed by atoms with E-state index in [1.54, 1.807) is 6.07 Å². The molecule has 0 unspecified atom stereocenters. The van der Waals surface area contributed by atoms with Crippen molar-refractivity contribution in [1.29, 1.82) is 5.26 Å². The van der Waals surface area contributed by atoms with Gasteiger partial charge in [-0.2, -0.15) is 10.2 Å². The number of benzene rings is 1. The Kier molecular flexibility index (Phi) is 4.53. The van der Waals surface area contributed by atoms with E-state index in [0.29, 0.717) is 12.4 Å². The van der Waals surface area contributed by atoms with Crippen LogP contribution in [-0.4, -0.2) is 23.6 Å². The van der Waals surface area contributed by atoms with E-state index in [0.717, 1.165) is 10.9 Å². The van der Waals surface area contributed by atoms with E-state index in [1.165, 1.54) is 5.56 Å². The topological polar surface area (TPSA) is 72.8 Å². The number of rotatable bonds is 4. The van der Waals surface area contributed by atoms with Crippen molar-refractivity contribution in [3.63, 3.8) is 0 Å². The molecule has 0 bridgehead atoms. The van der Waals surface area contributed by atoms with Gasteiger partial charge in [0.1, 0.15) is 17.6 Å². The Morgan fingerprint density at radius 3 is 2.75 bits per heavy atom. The van der Waals surface area contributed by atoms with Crippen LogP contribution in [0, 0.1) is 11.3 Å². The van der Waals surface area contributed by atoms with Gasteiger partial charge >= 0.3 is 5.69 Å². The van der Waals surface area contributed by atoms with Gasteiger partial charge in [-0.1, -0.05) is 28.1 Å². The fourth-order valence-corrected chi connectivity index (χ4v) is 2.03. The number of nitrogens with zero attached hydrogens (tertiary/aromatic N) is 3. The summed E-state index contributed by atoms with van der Waals surface area (Å²) in [7, 11) is 1.85. The molecule has 6 heteroatoms. The molecule has 2 rings (SSSR count). The minimum absolute atomic E-state index is 0.218. The third-order valence-corrected chi connectivity index (χ3v) is 3.42. The average Bonchev–Trinajstić information content (AvgIpc) is 2.45. The zero-order valence-electron chi connectivity index (χ0n) is 10.9. The molecule has 0 aliphatic heterocycles. The predicted molar refractivity (Wildman–Crippen MR) is 80.7 cm³/mol. The second-order valence-electron chi connectivity index (χ2n) is 4.37. The fraction of sp³-hybridized carbons (Fsp3) is 0.214. The third kappa shape index (κ3) is 3.68. The number of nitriles is 1. The van der Waals surface area contributed by atoms with Crippen molar-refractivity contribution >= 4 is 21.7 Å². The van der Waals surface area contributed by atoms with E-state index in [4.69, 9.17) is 5.26 Å². The molecule has 1 aromatic carbocycles. The summed E-state index contributed by atoms with van der Waals surface area (Å²) in [4.78, 5) is 19.4. The van der Waals surface area contributed by atoms with Crippen molar-refractivity contribution in [2.45, 2.75) is 6.42 Å². The first kappa shape index (κ1) is 14.3. The number of hydrogen-bond donors (Lipinski definition) is 1. The Bertz CT molecular complexity index is 688. The fourth-order valence-electron chi connectivity index (χ4n) is 1.76. The van der Waals surface area contributed by atoms with Gasteiger partial charge in [0.25, 0.3) is 0 Å². The maximum Gasteiger partial charge on any atom is 0.347 e. The van der Waals surface area contributed by atoms with E-state index in [2.05, 4.69) is 25.9 Å². The molecule has 0 spiro atoms. The van der Waals surface area contributed by atoms with Crippen LogP contribution in [0.5, 0.6) is 0 Å². The Balaban J connectivity index is 2.07. The second kappa shape index (κ2) is 6.35. The van der Waals surface area contributed by atoms with Gasteiger partial charge in [-0.15, -0.1) is 0 Å². The first-order valence-electron chi connectivity index (χ1n) is 6.05. The minimum Gasteiger partial charge on any atom is -0.359 e. The highest BCUT2D eigenvalue weighted by Crippen LogP contribution is 2.12. The third-order valence-electron chi connectivity index (χ3n) is 2.89. The van der Waals surface area contributed by atoms with Crippen molar-refractivity contribution in [1.82, 2.24) is 9.97 Å². The van der Waals surface area contributed by atoms with E-state index in [9.17, 15) is 4.79 Å². The number of aromatic nitrogens is 2. The Hall–Kier alpha value is -2.13. The van der Waals surface area contributed by atoms with Gasteiger partial charge in [-0.3, -0.25) is 4.98 Å². The van der Waals surface area contributed by atoms with E-state index < -0.39 is 5.69 Å². The lowest BCUT2D eigenvalue weighted by atomic mass is 10.1. The zero-order valence-corrected chi connectivity index (χ0v) is 12.5. The summed E-state index contributed by atoms with van der Waals surface area (Å²) >= 11 is 3.40. The minimum atomic E-state index is -0.505. The van der Waals surface area contributed by atoms with Gasteiger partial charge in [0.15, 0.2) is 0 Å². The molecule has 2 aromatic rings. The molecule has 1 aromatic heterocycles. The summed E-state index contributed by atoms with van der Waals surface area (Å²) in [6.07, 6.45) is 0.833. The van der Waals surface area contributed by atoms with Crippen molar-refractivity contribution < 1.29 is 0 Å². The number of halogens is 1. The molecular formula is C14H13BrN4O. The largest absolute Gasteiger partial charge is 0.359 e. The van der Waals surface area contributed by atoms with Crippen molar-refractivity contribution in [2.75, 3.05) is 18.5 Å². The molecule has 0 aliphatic rings. The highest BCUT2D eigenvalue weighted by molar-refractivity contribution is 9.10. The van der Waals surface area contributed by atoms with Crippen LogP contribution in [0.4, 0.5) is 5.82 Å². The molecule has 0 fully saturated rings. The average molecular weight is 333 g/mol. The molecule has 1 heterocycles. The summed E-state index contributed by atoms with van der Waals surface area (Å²) in [6, 6.07) is 11.6. The highest BCUT2D eigenvalue weighted by Gasteiger charge is 2.06. The molecule has 0 radical (unpaired) electrons. The van der Waals surface area contributed by atoms with Crippen LogP contribution in [0.3, 0.4) is 0 Å². The number of anilines is 1. The molecule has 0 amide bonds. The van der Waals surface area contributed by atoms with Crippen LogP contribution >= 0.6 is 15.9 Å². The maximum absolute atomic E-state index is 11.3. The lowest BCUT2D eigenvalue weighted by Gasteiger charge is -2.17. The SMILES string of the molecule is CN(CCc1ccc(Br)cc1)c1cc(C#N)[nH]c(=O)n1. The van der Waals surface area contributed by atoms with Gasteiger partial charge in [0.05, 0.1) is 0 Å². The smallest absolute Gasteiger partial charge is 0.347 e. The van der Waals surface area contributed by atoms with Crippen LogP contribution < -0.4 is 10.6 Å². The first-order valence-corrected chi connectivity index (χ1v) is 6.85. The van der Waals surface area contributed by atoms with Crippen molar-refractivity contribution in [3.8, 4) is 6.07 Å². The number of aromatic amines is 1. The molecule has 102 valence electrons. The van der Waals surface area contributed by atoms with Crippen LogP contribution in [0.2, 0.25) is 0 Å². The first-order chi connectivity index (χ1) is 9.58. The van der Waals surface area contributed by atoms with E-state index in [-0.39, 0.29) is 5.69 Å². The molecule has 0 saturated heterocycles. The number of H-pyrrole nitrogens is 1. The molecule has 5 nitrogen and oxygen atoms in total. The van der Waals surface area contributed by atoms with Crippen LogP contribution in [0.15, 0.2) is 39.6 Å². The second-order valence-corrected chi connectivity index (χ2v) is 5.28. The predicted octanol–water partition coefficient (Wildman–Crippen LogP) is 2.08. The maximum atomic E-state index is 11.3. The number of nitrogens with one attached hydrogen (secondary N) is 1. The van der Waals surface area contributed by atoms with Crippen molar-refractivity contribution in [3.05, 3.63) is 56.5 Å². The molecule has 1 N–H and O–H groups in total. The van der Waals surface area contributed by atoms with Crippen molar-refractivity contribution in [2.24, 2.45) is 0 Å². The van der Waals surface area contributed by atoms with Gasteiger partial charge in [0.2, 0.25) is 0 Å².